The molecule has 0 aliphatic heterocycles. The number of nitrogens with zero attached hydrogens (tertiary/aromatic N) is 2. The van der Waals surface area contributed by atoms with Crippen molar-refractivity contribution in [2.45, 2.75) is 23.2 Å². The molecule has 1 aliphatic rings. The molecule has 4 aromatic rings. The van der Waals surface area contributed by atoms with Crippen molar-refractivity contribution < 1.29 is 4.79 Å². The topological polar surface area (TPSA) is 52.0 Å². The van der Waals surface area contributed by atoms with Crippen molar-refractivity contribution in [1.82, 2.24) is 9.55 Å². The molecule has 142 valence electrons. The second-order valence-corrected chi connectivity index (χ2v) is 8.22. The Labute approximate surface area is 172 Å². The zero-order chi connectivity index (χ0) is 19.8. The molecule has 0 N–H and O–H groups in total. The van der Waals surface area contributed by atoms with Gasteiger partial charge in [0.25, 0.3) is 5.56 Å². The lowest BCUT2D eigenvalue weighted by Gasteiger charge is -2.23. The number of aromatic nitrogens is 2. The molecule has 0 fully saturated rings. The summed E-state index contributed by atoms with van der Waals surface area (Å²) in [6.45, 7) is 0. The summed E-state index contributed by atoms with van der Waals surface area (Å²) in [6.07, 6.45) is 1.58. The smallest absolute Gasteiger partial charge is 0.266 e. The molecular formula is C24H18N2O2S. The van der Waals surface area contributed by atoms with Crippen LogP contribution in [0, 0.1) is 0 Å². The fraction of sp³-hybridized carbons (Fsp3) is 0.125. The molecule has 3 aromatic carbocycles. The van der Waals surface area contributed by atoms with Gasteiger partial charge in [-0.1, -0.05) is 66.4 Å². The van der Waals surface area contributed by atoms with Crippen molar-refractivity contribution in [2.75, 3.05) is 0 Å². The van der Waals surface area contributed by atoms with Crippen LogP contribution < -0.4 is 5.56 Å². The van der Waals surface area contributed by atoms with Crippen LogP contribution in [0.4, 0.5) is 0 Å². The second kappa shape index (κ2) is 7.33. The van der Waals surface area contributed by atoms with E-state index in [1.165, 1.54) is 11.8 Å². The molecule has 1 aliphatic carbocycles. The van der Waals surface area contributed by atoms with Crippen LogP contribution in [-0.2, 0) is 6.42 Å². The molecule has 5 rings (SSSR count). The SMILES string of the molecule is O=C1c2ccccc2CC[C@@H]1Sc1nc2ccccc2c(=O)n1-c1ccccc1. The minimum atomic E-state index is -0.257. The number of Topliss-reactive ketones (excluding diaryl/α,β-unsaturated/α-hetero) is 1. The van der Waals surface area contributed by atoms with Gasteiger partial charge in [0.15, 0.2) is 10.9 Å². The van der Waals surface area contributed by atoms with Crippen LogP contribution in [0.2, 0.25) is 0 Å². The van der Waals surface area contributed by atoms with Crippen LogP contribution in [-0.4, -0.2) is 20.6 Å². The average Bonchev–Trinajstić information content (AvgIpc) is 2.77. The van der Waals surface area contributed by atoms with Gasteiger partial charge in [0.2, 0.25) is 0 Å². The maximum absolute atomic E-state index is 13.3. The summed E-state index contributed by atoms with van der Waals surface area (Å²) in [5.74, 6) is 0.110. The summed E-state index contributed by atoms with van der Waals surface area (Å²) in [6, 6.07) is 24.6. The fourth-order valence-electron chi connectivity index (χ4n) is 3.81. The average molecular weight is 398 g/mol. The maximum atomic E-state index is 13.3. The Hall–Kier alpha value is -3.18. The highest BCUT2D eigenvalue weighted by molar-refractivity contribution is 8.00. The number of aryl methyl sites for hydroxylation is 1. The van der Waals surface area contributed by atoms with E-state index in [9.17, 15) is 9.59 Å². The Kier molecular flexibility index (Phi) is 4.52. The number of rotatable bonds is 3. The van der Waals surface area contributed by atoms with E-state index in [1.807, 2.05) is 72.8 Å². The molecule has 0 amide bonds. The van der Waals surface area contributed by atoms with Gasteiger partial charge in [-0.05, 0) is 42.7 Å². The van der Waals surface area contributed by atoms with E-state index in [-0.39, 0.29) is 16.6 Å². The van der Waals surface area contributed by atoms with Crippen molar-refractivity contribution in [3.05, 3.63) is 100 Å². The van der Waals surface area contributed by atoms with Gasteiger partial charge in [0.05, 0.1) is 21.8 Å². The summed E-state index contributed by atoms with van der Waals surface area (Å²) in [7, 11) is 0. The molecule has 1 atom stereocenters. The lowest BCUT2D eigenvalue weighted by atomic mass is 9.90. The largest absolute Gasteiger partial charge is 0.293 e. The molecule has 0 radical (unpaired) electrons. The Morgan fingerprint density at radius 1 is 0.862 bits per heavy atom. The van der Waals surface area contributed by atoms with Gasteiger partial charge < -0.3 is 0 Å². The van der Waals surface area contributed by atoms with Gasteiger partial charge in [0, 0.05) is 5.56 Å². The number of fused-ring (bicyclic) bond motifs is 2. The highest BCUT2D eigenvalue weighted by Crippen LogP contribution is 2.33. The van der Waals surface area contributed by atoms with Crippen LogP contribution in [0.15, 0.2) is 88.8 Å². The molecule has 1 aromatic heterocycles. The van der Waals surface area contributed by atoms with Gasteiger partial charge >= 0.3 is 0 Å². The van der Waals surface area contributed by atoms with Gasteiger partial charge in [0.1, 0.15) is 0 Å². The Morgan fingerprint density at radius 3 is 2.45 bits per heavy atom. The van der Waals surface area contributed by atoms with Crippen molar-refractivity contribution in [3.63, 3.8) is 0 Å². The molecule has 0 bridgehead atoms. The van der Waals surface area contributed by atoms with Crippen LogP contribution in [0.3, 0.4) is 0 Å². The molecule has 4 nitrogen and oxygen atoms in total. The van der Waals surface area contributed by atoms with E-state index in [2.05, 4.69) is 0 Å². The van der Waals surface area contributed by atoms with Crippen LogP contribution >= 0.6 is 11.8 Å². The lowest BCUT2D eigenvalue weighted by Crippen LogP contribution is -2.27. The van der Waals surface area contributed by atoms with Crippen molar-refractivity contribution in [1.29, 1.82) is 0 Å². The van der Waals surface area contributed by atoms with E-state index in [0.717, 1.165) is 29.7 Å². The van der Waals surface area contributed by atoms with E-state index in [0.29, 0.717) is 16.1 Å². The van der Waals surface area contributed by atoms with Gasteiger partial charge in [-0.25, -0.2) is 4.98 Å². The van der Waals surface area contributed by atoms with Gasteiger partial charge in [-0.3, -0.25) is 14.2 Å². The second-order valence-electron chi connectivity index (χ2n) is 7.05. The third kappa shape index (κ3) is 3.17. The first kappa shape index (κ1) is 17.9. The molecular weight excluding hydrogens is 380 g/mol. The van der Waals surface area contributed by atoms with Crippen molar-refractivity contribution in [2.24, 2.45) is 0 Å². The quantitative estimate of drug-likeness (QED) is 0.471. The first-order valence-corrected chi connectivity index (χ1v) is 10.5. The molecule has 0 saturated heterocycles. The Balaban J connectivity index is 1.63. The Morgan fingerprint density at radius 2 is 1.59 bits per heavy atom. The summed E-state index contributed by atoms with van der Waals surface area (Å²) in [4.78, 5) is 31.1. The van der Waals surface area contributed by atoms with Gasteiger partial charge in [-0.2, -0.15) is 0 Å². The number of ketones is 1. The summed E-state index contributed by atoms with van der Waals surface area (Å²) < 4.78 is 1.63. The molecule has 0 saturated carbocycles. The predicted molar refractivity (Wildman–Crippen MR) is 116 cm³/mol. The molecule has 5 heteroatoms. The van der Waals surface area contributed by atoms with Gasteiger partial charge in [-0.15, -0.1) is 0 Å². The number of benzene rings is 3. The van der Waals surface area contributed by atoms with Crippen molar-refractivity contribution in [3.8, 4) is 5.69 Å². The first-order chi connectivity index (χ1) is 14.2. The minimum absolute atomic E-state index is 0.110. The highest BCUT2D eigenvalue weighted by atomic mass is 32.2. The van der Waals surface area contributed by atoms with Crippen LogP contribution in [0.1, 0.15) is 22.3 Å². The number of carbonyl (C=O) groups is 1. The summed E-state index contributed by atoms with van der Waals surface area (Å²) in [5.41, 5.74) is 3.16. The van der Waals surface area contributed by atoms with Crippen LogP contribution in [0.25, 0.3) is 16.6 Å². The summed E-state index contributed by atoms with van der Waals surface area (Å²) >= 11 is 1.39. The number of para-hydroxylation sites is 2. The number of thioether (sulfide) groups is 1. The molecule has 1 heterocycles. The first-order valence-electron chi connectivity index (χ1n) is 9.58. The number of hydrogen-bond acceptors (Lipinski definition) is 4. The minimum Gasteiger partial charge on any atom is -0.293 e. The van der Waals surface area contributed by atoms with Crippen molar-refractivity contribution >= 4 is 28.4 Å². The monoisotopic (exact) mass is 398 g/mol. The molecule has 0 unspecified atom stereocenters. The standard InChI is InChI=1S/C24H18N2O2S/c27-22-18-11-5-4-8-16(18)14-15-21(22)29-24-25-20-13-7-6-12-19(20)23(28)26(24)17-9-2-1-3-10-17/h1-13,21H,14-15H2/t21-/m0/s1. The molecule has 29 heavy (non-hydrogen) atoms. The maximum Gasteiger partial charge on any atom is 0.266 e. The Bertz CT molecular complexity index is 1280. The number of carbonyl (C=O) groups excluding carboxylic acids is 1. The highest BCUT2D eigenvalue weighted by Gasteiger charge is 2.29. The predicted octanol–water partition coefficient (Wildman–Crippen LogP) is 4.68. The number of hydrogen-bond donors (Lipinski definition) is 0. The van der Waals surface area contributed by atoms with E-state index < -0.39 is 0 Å². The van der Waals surface area contributed by atoms with E-state index >= 15 is 0 Å². The van der Waals surface area contributed by atoms with Crippen LogP contribution in [0.5, 0.6) is 0 Å². The zero-order valence-corrected chi connectivity index (χ0v) is 16.4. The van der Waals surface area contributed by atoms with E-state index in [4.69, 9.17) is 4.98 Å². The van der Waals surface area contributed by atoms with E-state index in [1.54, 1.807) is 10.6 Å². The third-order valence-electron chi connectivity index (χ3n) is 5.26. The fourth-order valence-corrected chi connectivity index (χ4v) is 4.97. The lowest BCUT2D eigenvalue weighted by molar-refractivity contribution is 0.0979. The summed E-state index contributed by atoms with van der Waals surface area (Å²) in [5, 5.41) is 0.867. The normalized spacial score (nSPS) is 16.0. The molecule has 0 spiro atoms. The zero-order valence-electron chi connectivity index (χ0n) is 15.6. The third-order valence-corrected chi connectivity index (χ3v) is 6.48.